The van der Waals surface area contributed by atoms with Crippen molar-refractivity contribution in [2.75, 3.05) is 45.8 Å². The van der Waals surface area contributed by atoms with Crippen molar-refractivity contribution in [3.05, 3.63) is 54.1 Å². The molecule has 0 bridgehead atoms. The molecule has 3 rings (SSSR count). The van der Waals surface area contributed by atoms with Crippen molar-refractivity contribution in [3.63, 3.8) is 0 Å². The lowest BCUT2D eigenvalue weighted by molar-refractivity contribution is 0.414. The Morgan fingerprint density at radius 2 is 1.86 bits per heavy atom. The van der Waals surface area contributed by atoms with Crippen molar-refractivity contribution in [3.8, 4) is 11.5 Å². The van der Waals surface area contributed by atoms with Gasteiger partial charge in [-0.2, -0.15) is 0 Å². The standard InChI is InChI=1S/C22H30N4O2.HI/c1-23-22(24-14-12-17-8-10-19(27-2)11-9-17)25-18-13-15-26(16-18)20-6-4-5-7-21(20)28-3;/h4-11,18H,12-16H2,1-3H3,(H2,23,24,25);1H. The SMILES string of the molecule is CN=C(NCCc1ccc(OC)cc1)NC1CCN(c2ccccc2OC)C1.I. The second-order valence-electron chi connectivity index (χ2n) is 6.84. The zero-order valence-electron chi connectivity index (χ0n) is 17.4. The number of guanidine groups is 1. The molecular formula is C22H31IN4O2. The predicted octanol–water partition coefficient (Wildman–Crippen LogP) is 3.31. The number of ether oxygens (including phenoxy) is 2. The van der Waals surface area contributed by atoms with E-state index in [0.717, 1.165) is 55.6 Å². The van der Waals surface area contributed by atoms with Gasteiger partial charge in [-0.1, -0.05) is 24.3 Å². The molecule has 0 saturated carbocycles. The Morgan fingerprint density at radius 3 is 2.55 bits per heavy atom. The molecule has 1 saturated heterocycles. The number of nitrogens with one attached hydrogen (secondary N) is 2. The average molecular weight is 510 g/mol. The van der Waals surface area contributed by atoms with E-state index < -0.39 is 0 Å². The highest BCUT2D eigenvalue weighted by Crippen LogP contribution is 2.30. The lowest BCUT2D eigenvalue weighted by Gasteiger charge is -2.22. The highest BCUT2D eigenvalue weighted by molar-refractivity contribution is 14.0. The van der Waals surface area contributed by atoms with Crippen molar-refractivity contribution in [2.24, 2.45) is 4.99 Å². The molecule has 158 valence electrons. The van der Waals surface area contributed by atoms with Crippen LogP contribution in [-0.4, -0.2) is 52.9 Å². The molecule has 7 heteroatoms. The molecule has 1 unspecified atom stereocenters. The number of nitrogens with zero attached hydrogens (tertiary/aromatic N) is 2. The Balaban J connectivity index is 0.00000300. The average Bonchev–Trinajstić information content (AvgIpc) is 3.21. The van der Waals surface area contributed by atoms with Crippen LogP contribution in [0.15, 0.2) is 53.5 Å². The van der Waals surface area contributed by atoms with Crippen molar-refractivity contribution in [1.82, 2.24) is 10.6 Å². The summed E-state index contributed by atoms with van der Waals surface area (Å²) in [6, 6.07) is 16.7. The number of aliphatic imine (C=N–C) groups is 1. The quantitative estimate of drug-likeness (QED) is 0.340. The summed E-state index contributed by atoms with van der Waals surface area (Å²) in [7, 11) is 5.22. The van der Waals surface area contributed by atoms with E-state index in [-0.39, 0.29) is 24.0 Å². The summed E-state index contributed by atoms with van der Waals surface area (Å²) in [6.07, 6.45) is 2.00. The molecule has 1 aliphatic heterocycles. The van der Waals surface area contributed by atoms with Crippen LogP contribution < -0.4 is 25.0 Å². The minimum absolute atomic E-state index is 0. The van der Waals surface area contributed by atoms with E-state index in [1.807, 2.05) is 31.3 Å². The molecule has 1 aliphatic rings. The van der Waals surface area contributed by atoms with E-state index in [0.29, 0.717) is 6.04 Å². The maximum absolute atomic E-state index is 5.50. The molecule has 1 atom stereocenters. The maximum Gasteiger partial charge on any atom is 0.191 e. The van der Waals surface area contributed by atoms with E-state index in [1.54, 1.807) is 14.2 Å². The number of benzene rings is 2. The first kappa shape index (κ1) is 23.1. The van der Waals surface area contributed by atoms with Gasteiger partial charge in [-0.15, -0.1) is 24.0 Å². The van der Waals surface area contributed by atoms with Crippen LogP contribution >= 0.6 is 24.0 Å². The molecular weight excluding hydrogens is 479 g/mol. The van der Waals surface area contributed by atoms with Crippen LogP contribution in [0.2, 0.25) is 0 Å². The Labute approximate surface area is 190 Å². The topological polar surface area (TPSA) is 58.1 Å². The first-order chi connectivity index (χ1) is 13.7. The number of rotatable bonds is 7. The number of anilines is 1. The monoisotopic (exact) mass is 510 g/mol. The van der Waals surface area contributed by atoms with Crippen molar-refractivity contribution >= 4 is 35.6 Å². The minimum atomic E-state index is 0. The summed E-state index contributed by atoms with van der Waals surface area (Å²) in [5.41, 5.74) is 2.42. The van der Waals surface area contributed by atoms with Gasteiger partial charge in [0.2, 0.25) is 0 Å². The zero-order valence-corrected chi connectivity index (χ0v) is 19.7. The molecule has 1 fully saturated rings. The molecule has 2 aromatic carbocycles. The highest BCUT2D eigenvalue weighted by Gasteiger charge is 2.25. The van der Waals surface area contributed by atoms with E-state index in [4.69, 9.17) is 9.47 Å². The van der Waals surface area contributed by atoms with E-state index >= 15 is 0 Å². The van der Waals surface area contributed by atoms with Crippen molar-refractivity contribution in [2.45, 2.75) is 18.9 Å². The lowest BCUT2D eigenvalue weighted by atomic mass is 10.1. The molecule has 2 N–H and O–H groups in total. The van der Waals surface area contributed by atoms with Gasteiger partial charge in [-0.25, -0.2) is 0 Å². The summed E-state index contributed by atoms with van der Waals surface area (Å²) < 4.78 is 10.7. The molecule has 2 aromatic rings. The van der Waals surface area contributed by atoms with E-state index in [2.05, 4.69) is 44.8 Å². The number of hydrogen-bond acceptors (Lipinski definition) is 4. The summed E-state index contributed by atoms with van der Waals surface area (Å²) >= 11 is 0. The molecule has 0 radical (unpaired) electrons. The number of hydrogen-bond donors (Lipinski definition) is 2. The molecule has 0 amide bonds. The maximum atomic E-state index is 5.50. The summed E-state index contributed by atoms with van der Waals surface area (Å²) in [4.78, 5) is 6.74. The first-order valence-corrected chi connectivity index (χ1v) is 9.71. The predicted molar refractivity (Wildman–Crippen MR) is 130 cm³/mol. The third-order valence-electron chi connectivity index (χ3n) is 5.04. The fourth-order valence-electron chi connectivity index (χ4n) is 3.49. The minimum Gasteiger partial charge on any atom is -0.497 e. The van der Waals surface area contributed by atoms with Gasteiger partial charge in [-0.3, -0.25) is 4.99 Å². The molecule has 0 aliphatic carbocycles. The van der Waals surface area contributed by atoms with Crippen molar-refractivity contribution < 1.29 is 9.47 Å². The zero-order chi connectivity index (χ0) is 19.8. The van der Waals surface area contributed by atoms with Gasteiger partial charge in [0.15, 0.2) is 5.96 Å². The normalized spacial score (nSPS) is 16.2. The molecule has 29 heavy (non-hydrogen) atoms. The lowest BCUT2D eigenvalue weighted by Crippen LogP contribution is -2.45. The Morgan fingerprint density at radius 1 is 1.10 bits per heavy atom. The summed E-state index contributed by atoms with van der Waals surface area (Å²) in [5.74, 6) is 2.65. The van der Waals surface area contributed by atoms with Crippen molar-refractivity contribution in [1.29, 1.82) is 0 Å². The Hall–Kier alpha value is -2.16. The second kappa shape index (κ2) is 11.7. The molecule has 0 spiro atoms. The van der Waals surface area contributed by atoms with Gasteiger partial charge >= 0.3 is 0 Å². The van der Waals surface area contributed by atoms with Gasteiger partial charge in [0, 0.05) is 32.7 Å². The third kappa shape index (κ3) is 6.42. The second-order valence-corrected chi connectivity index (χ2v) is 6.84. The number of halogens is 1. The van der Waals surface area contributed by atoms with E-state index in [9.17, 15) is 0 Å². The summed E-state index contributed by atoms with van der Waals surface area (Å²) in [6.45, 7) is 2.76. The van der Waals surface area contributed by atoms with Crippen LogP contribution in [-0.2, 0) is 6.42 Å². The fraction of sp³-hybridized carbons (Fsp3) is 0.409. The smallest absolute Gasteiger partial charge is 0.191 e. The van der Waals surface area contributed by atoms with Crippen LogP contribution in [0.25, 0.3) is 0 Å². The summed E-state index contributed by atoms with van der Waals surface area (Å²) in [5, 5.41) is 6.96. The Bertz CT molecular complexity index is 783. The van der Waals surface area contributed by atoms with Gasteiger partial charge in [0.1, 0.15) is 11.5 Å². The van der Waals surface area contributed by atoms with Gasteiger partial charge < -0.3 is 25.0 Å². The Kier molecular flexibility index (Phi) is 9.37. The number of para-hydroxylation sites is 2. The molecule has 1 heterocycles. The number of methoxy groups -OCH3 is 2. The van der Waals surface area contributed by atoms with Crippen LogP contribution in [0.4, 0.5) is 5.69 Å². The largest absolute Gasteiger partial charge is 0.497 e. The first-order valence-electron chi connectivity index (χ1n) is 9.71. The van der Waals surface area contributed by atoms with Crippen LogP contribution in [0.1, 0.15) is 12.0 Å². The van der Waals surface area contributed by atoms with Gasteiger partial charge in [0.05, 0.1) is 19.9 Å². The van der Waals surface area contributed by atoms with E-state index in [1.165, 1.54) is 5.56 Å². The van der Waals surface area contributed by atoms with Crippen LogP contribution in [0, 0.1) is 0 Å². The van der Waals surface area contributed by atoms with Gasteiger partial charge in [-0.05, 0) is 42.7 Å². The highest BCUT2D eigenvalue weighted by atomic mass is 127. The fourth-order valence-corrected chi connectivity index (χ4v) is 3.49. The molecule has 6 nitrogen and oxygen atoms in total. The van der Waals surface area contributed by atoms with Crippen LogP contribution in [0.3, 0.4) is 0 Å². The molecule has 0 aromatic heterocycles. The third-order valence-corrected chi connectivity index (χ3v) is 5.04. The van der Waals surface area contributed by atoms with Gasteiger partial charge in [0.25, 0.3) is 0 Å². The van der Waals surface area contributed by atoms with Crippen LogP contribution in [0.5, 0.6) is 11.5 Å².